The summed E-state index contributed by atoms with van der Waals surface area (Å²) in [7, 11) is 2.60. The first-order chi connectivity index (χ1) is 13.6. The lowest BCUT2D eigenvalue weighted by Crippen LogP contribution is -2.39. The number of amides is 1. The third-order valence-corrected chi connectivity index (χ3v) is 4.89. The maximum atomic E-state index is 11.8. The van der Waals surface area contributed by atoms with Crippen molar-refractivity contribution in [3.63, 3.8) is 0 Å². The summed E-state index contributed by atoms with van der Waals surface area (Å²) in [5.74, 6) is 2.30. The highest BCUT2D eigenvalue weighted by Gasteiger charge is 2.26. The number of carbonyl (C=O) groups excluding carboxylic acids is 1. The highest BCUT2D eigenvalue weighted by Crippen LogP contribution is 2.27. The molecule has 0 atom stereocenters. The van der Waals surface area contributed by atoms with E-state index in [1.807, 2.05) is 19.1 Å². The van der Waals surface area contributed by atoms with Gasteiger partial charge in [0.05, 0.1) is 31.1 Å². The fourth-order valence-electron chi connectivity index (χ4n) is 3.49. The number of piperidine rings is 1. The van der Waals surface area contributed by atoms with E-state index in [0.29, 0.717) is 18.0 Å². The Morgan fingerprint density at radius 1 is 1.25 bits per heavy atom. The largest absolute Gasteiger partial charge is 0.489 e. The van der Waals surface area contributed by atoms with Crippen LogP contribution >= 0.6 is 0 Å². The number of methoxy groups -OCH3 is 1. The number of aliphatic hydroxyl groups excluding tert-OH is 1. The second-order valence-electron chi connectivity index (χ2n) is 6.65. The Hall–Kier alpha value is -2.87. The molecule has 0 saturated carbocycles. The van der Waals surface area contributed by atoms with Gasteiger partial charge in [0.2, 0.25) is 5.88 Å². The first-order valence-corrected chi connectivity index (χ1v) is 9.29. The van der Waals surface area contributed by atoms with Gasteiger partial charge in [0.15, 0.2) is 0 Å². The maximum Gasteiger partial charge on any atom is 0.253 e. The number of hydrogen-bond donors (Lipinski definition) is 2. The molecule has 2 aromatic rings. The van der Waals surface area contributed by atoms with Gasteiger partial charge in [-0.3, -0.25) is 4.79 Å². The zero-order chi connectivity index (χ0) is 20.1. The van der Waals surface area contributed by atoms with E-state index in [1.54, 1.807) is 19.4 Å². The van der Waals surface area contributed by atoms with Crippen LogP contribution in [0.3, 0.4) is 0 Å². The van der Waals surface area contributed by atoms with Crippen molar-refractivity contribution in [2.75, 3.05) is 32.2 Å². The van der Waals surface area contributed by atoms with E-state index in [0.717, 1.165) is 55.9 Å². The molecular formula is C20H26N4O4. The van der Waals surface area contributed by atoms with E-state index < -0.39 is 0 Å². The van der Waals surface area contributed by atoms with Crippen LogP contribution < -0.4 is 19.7 Å². The molecule has 1 fully saturated rings. The summed E-state index contributed by atoms with van der Waals surface area (Å²) in [5, 5.41) is 9.83. The molecule has 0 aromatic carbocycles. The highest BCUT2D eigenvalue weighted by molar-refractivity contribution is 5.98. The van der Waals surface area contributed by atoms with Crippen LogP contribution in [0.1, 0.15) is 34.5 Å². The standard InChI is InChI=1S/C19H22N4O3.CH4O/c1-12-9-15-16(11-21-19(15)24)22-18(12)23-7-5-13(6-8-23)26-14-3-4-17(25-2)20-10-14;1-2/h3-4,9-10,13H,5-8,11H2,1-2H3,(H,21,24);2H,1H3. The van der Waals surface area contributed by atoms with Crippen LogP contribution in [-0.2, 0) is 6.54 Å². The topological polar surface area (TPSA) is 96.8 Å². The zero-order valence-corrected chi connectivity index (χ0v) is 16.4. The average molecular weight is 386 g/mol. The smallest absolute Gasteiger partial charge is 0.253 e. The molecule has 8 nitrogen and oxygen atoms in total. The van der Waals surface area contributed by atoms with E-state index in [9.17, 15) is 4.79 Å². The summed E-state index contributed by atoms with van der Waals surface area (Å²) in [6, 6.07) is 5.64. The molecule has 0 unspecified atom stereocenters. The van der Waals surface area contributed by atoms with Gasteiger partial charge in [0.1, 0.15) is 17.7 Å². The van der Waals surface area contributed by atoms with Gasteiger partial charge in [-0.25, -0.2) is 9.97 Å². The second kappa shape index (κ2) is 8.88. The monoisotopic (exact) mass is 386 g/mol. The lowest BCUT2D eigenvalue weighted by molar-refractivity contribution is 0.0965. The molecule has 4 rings (SSSR count). The van der Waals surface area contributed by atoms with E-state index in [-0.39, 0.29) is 12.0 Å². The summed E-state index contributed by atoms with van der Waals surface area (Å²) in [4.78, 5) is 23.0. The number of nitrogens with one attached hydrogen (secondary N) is 1. The minimum atomic E-state index is -0.0256. The first kappa shape index (κ1) is 19.9. The SMILES string of the molecule is CO.COc1ccc(OC2CCN(c3nc4c(cc3C)C(=O)NC4)CC2)cn1. The van der Waals surface area contributed by atoms with Gasteiger partial charge < -0.3 is 24.8 Å². The lowest BCUT2D eigenvalue weighted by Gasteiger charge is -2.33. The van der Waals surface area contributed by atoms with Gasteiger partial charge in [0.25, 0.3) is 5.91 Å². The molecule has 2 aliphatic heterocycles. The Balaban J connectivity index is 0.00000109. The van der Waals surface area contributed by atoms with E-state index >= 15 is 0 Å². The number of aryl methyl sites for hydroxylation is 1. The number of pyridine rings is 2. The predicted octanol–water partition coefficient (Wildman–Crippen LogP) is 1.69. The van der Waals surface area contributed by atoms with Crippen LogP contribution in [0.4, 0.5) is 5.82 Å². The van der Waals surface area contributed by atoms with Crippen LogP contribution in [0.25, 0.3) is 0 Å². The fraction of sp³-hybridized carbons (Fsp3) is 0.450. The third-order valence-electron chi connectivity index (χ3n) is 4.89. The lowest BCUT2D eigenvalue weighted by atomic mass is 10.1. The molecule has 8 heteroatoms. The number of hydrogen-bond acceptors (Lipinski definition) is 7. The Kier molecular flexibility index (Phi) is 6.30. The number of aromatic nitrogens is 2. The van der Waals surface area contributed by atoms with Crippen LogP contribution in [0.15, 0.2) is 24.4 Å². The van der Waals surface area contributed by atoms with Crippen LogP contribution in [-0.4, -0.2) is 54.4 Å². The molecule has 2 aliphatic rings. The van der Waals surface area contributed by atoms with E-state index in [4.69, 9.17) is 19.6 Å². The van der Waals surface area contributed by atoms with Crippen molar-refractivity contribution in [3.8, 4) is 11.6 Å². The number of nitrogens with zero attached hydrogens (tertiary/aromatic N) is 3. The van der Waals surface area contributed by atoms with Crippen molar-refractivity contribution < 1.29 is 19.4 Å². The molecule has 1 saturated heterocycles. The number of fused-ring (bicyclic) bond motifs is 1. The minimum absolute atomic E-state index is 0.0256. The normalized spacial score (nSPS) is 16.0. The van der Waals surface area contributed by atoms with Crippen molar-refractivity contribution in [2.24, 2.45) is 0 Å². The number of ether oxygens (including phenoxy) is 2. The van der Waals surface area contributed by atoms with Crippen LogP contribution in [0, 0.1) is 6.92 Å². The van der Waals surface area contributed by atoms with Crippen LogP contribution in [0.2, 0.25) is 0 Å². The molecule has 2 aromatic heterocycles. The number of anilines is 1. The van der Waals surface area contributed by atoms with Gasteiger partial charge in [0, 0.05) is 39.1 Å². The van der Waals surface area contributed by atoms with Gasteiger partial charge >= 0.3 is 0 Å². The van der Waals surface area contributed by atoms with Gasteiger partial charge in [-0.05, 0) is 24.6 Å². The number of aliphatic hydroxyl groups is 1. The molecule has 0 bridgehead atoms. The molecule has 4 heterocycles. The van der Waals surface area contributed by atoms with Gasteiger partial charge in [-0.15, -0.1) is 0 Å². The molecule has 1 amide bonds. The summed E-state index contributed by atoms with van der Waals surface area (Å²) in [6.45, 7) is 4.29. The van der Waals surface area contributed by atoms with Crippen molar-refractivity contribution in [2.45, 2.75) is 32.4 Å². The summed E-state index contributed by atoms with van der Waals surface area (Å²) in [6.07, 6.45) is 3.70. The fourth-order valence-corrected chi connectivity index (χ4v) is 3.49. The molecule has 0 aliphatic carbocycles. The van der Waals surface area contributed by atoms with Crippen molar-refractivity contribution >= 4 is 11.7 Å². The minimum Gasteiger partial charge on any atom is -0.489 e. The van der Waals surface area contributed by atoms with E-state index in [2.05, 4.69) is 15.2 Å². The average Bonchev–Trinajstić information content (AvgIpc) is 3.10. The Morgan fingerprint density at radius 2 is 2.00 bits per heavy atom. The Labute approximate surface area is 164 Å². The van der Waals surface area contributed by atoms with E-state index in [1.165, 1.54) is 0 Å². The number of rotatable bonds is 4. The number of carbonyl (C=O) groups is 1. The molecule has 150 valence electrons. The zero-order valence-electron chi connectivity index (χ0n) is 16.4. The molecular weight excluding hydrogens is 360 g/mol. The predicted molar refractivity (Wildman–Crippen MR) is 105 cm³/mol. The quantitative estimate of drug-likeness (QED) is 0.825. The second-order valence-corrected chi connectivity index (χ2v) is 6.65. The van der Waals surface area contributed by atoms with Gasteiger partial charge in [-0.1, -0.05) is 0 Å². The van der Waals surface area contributed by atoms with Crippen LogP contribution in [0.5, 0.6) is 11.6 Å². The molecule has 0 radical (unpaired) electrons. The molecule has 28 heavy (non-hydrogen) atoms. The first-order valence-electron chi connectivity index (χ1n) is 9.29. The summed E-state index contributed by atoms with van der Waals surface area (Å²) in [5.41, 5.74) is 2.59. The van der Waals surface area contributed by atoms with Crippen molar-refractivity contribution in [3.05, 3.63) is 41.2 Å². The van der Waals surface area contributed by atoms with Crippen molar-refractivity contribution in [1.29, 1.82) is 0 Å². The van der Waals surface area contributed by atoms with Gasteiger partial charge in [-0.2, -0.15) is 0 Å². The molecule has 0 spiro atoms. The molecule has 2 N–H and O–H groups in total. The highest BCUT2D eigenvalue weighted by atomic mass is 16.5. The Bertz CT molecular complexity index is 818. The Morgan fingerprint density at radius 3 is 2.64 bits per heavy atom. The summed E-state index contributed by atoms with van der Waals surface area (Å²) < 4.78 is 11.1. The third kappa shape index (κ3) is 4.17. The summed E-state index contributed by atoms with van der Waals surface area (Å²) >= 11 is 0. The van der Waals surface area contributed by atoms with Crippen molar-refractivity contribution in [1.82, 2.24) is 15.3 Å². The maximum absolute atomic E-state index is 11.8.